The van der Waals surface area contributed by atoms with Gasteiger partial charge in [0.1, 0.15) is 11.6 Å². The lowest BCUT2D eigenvalue weighted by molar-refractivity contribution is -0.166. The van der Waals surface area contributed by atoms with Gasteiger partial charge in [-0.1, -0.05) is 23.7 Å². The van der Waals surface area contributed by atoms with Gasteiger partial charge in [-0.3, -0.25) is 19.3 Å². The van der Waals surface area contributed by atoms with Gasteiger partial charge in [0.2, 0.25) is 5.91 Å². The summed E-state index contributed by atoms with van der Waals surface area (Å²) in [6.07, 6.45) is 0.131. The van der Waals surface area contributed by atoms with Gasteiger partial charge >= 0.3 is 17.8 Å². The first-order valence-corrected chi connectivity index (χ1v) is 14.3. The predicted molar refractivity (Wildman–Crippen MR) is 160 cm³/mol. The summed E-state index contributed by atoms with van der Waals surface area (Å²) in [5, 5.41) is 0.381. The highest BCUT2D eigenvalue weighted by atomic mass is 35.5. The molecule has 2 aromatic carbocycles. The van der Waals surface area contributed by atoms with E-state index in [1.165, 1.54) is 15.9 Å². The average Bonchev–Trinajstić information content (AvgIpc) is 2.93. The maximum Gasteiger partial charge on any atom is 0.329 e. The van der Waals surface area contributed by atoms with E-state index in [0.717, 1.165) is 17.8 Å². The zero-order chi connectivity index (χ0) is 30.6. The number of ether oxygens (including phenoxy) is 2. The van der Waals surface area contributed by atoms with Crippen molar-refractivity contribution in [3.8, 4) is 0 Å². The lowest BCUT2D eigenvalue weighted by Crippen LogP contribution is -2.60. The van der Waals surface area contributed by atoms with E-state index in [-0.39, 0.29) is 25.4 Å². The first-order valence-electron chi connectivity index (χ1n) is 13.9. The summed E-state index contributed by atoms with van der Waals surface area (Å²) in [7, 11) is 1.64. The maximum absolute atomic E-state index is 13.4. The van der Waals surface area contributed by atoms with Crippen LogP contribution in [0.3, 0.4) is 0 Å². The number of carbonyl (C=O) groups excluding carboxylic acids is 4. The van der Waals surface area contributed by atoms with E-state index >= 15 is 0 Å². The van der Waals surface area contributed by atoms with Crippen LogP contribution in [0.5, 0.6) is 0 Å². The fourth-order valence-electron chi connectivity index (χ4n) is 5.06. The minimum Gasteiger partial charge on any atom is -0.458 e. The van der Waals surface area contributed by atoms with Crippen LogP contribution < -0.4 is 15.5 Å². The Morgan fingerprint density at radius 3 is 2.31 bits per heavy atom. The lowest BCUT2D eigenvalue weighted by Gasteiger charge is -2.38. The van der Waals surface area contributed by atoms with Crippen LogP contribution >= 0.6 is 11.6 Å². The molecule has 2 N–H and O–H groups in total. The molecular weight excluding hydrogens is 562 g/mol. The summed E-state index contributed by atoms with van der Waals surface area (Å²) in [6, 6.07) is 11.0. The van der Waals surface area contributed by atoms with Gasteiger partial charge in [0.15, 0.2) is 0 Å². The number of halogens is 1. The van der Waals surface area contributed by atoms with Crippen LogP contribution in [-0.2, 0) is 35.1 Å². The van der Waals surface area contributed by atoms with Gasteiger partial charge in [0, 0.05) is 57.0 Å². The van der Waals surface area contributed by atoms with Crippen LogP contribution in [0.25, 0.3) is 0 Å². The second-order valence-corrected chi connectivity index (χ2v) is 11.8. The zero-order valence-electron chi connectivity index (χ0n) is 24.5. The fourth-order valence-corrected chi connectivity index (χ4v) is 5.23. The summed E-state index contributed by atoms with van der Waals surface area (Å²) < 4.78 is 10.8. The molecule has 1 unspecified atom stereocenters. The second kappa shape index (κ2) is 13.1. The maximum atomic E-state index is 13.4. The van der Waals surface area contributed by atoms with Gasteiger partial charge in [-0.25, -0.2) is 4.79 Å². The van der Waals surface area contributed by atoms with Gasteiger partial charge < -0.3 is 29.9 Å². The number of hydrogen-bond donors (Lipinski definition) is 1. The van der Waals surface area contributed by atoms with Gasteiger partial charge in [-0.2, -0.15) is 0 Å². The third-order valence-electron chi connectivity index (χ3n) is 7.18. The molecule has 4 rings (SSSR count). The van der Waals surface area contributed by atoms with Crippen LogP contribution in [0.15, 0.2) is 42.5 Å². The highest BCUT2D eigenvalue weighted by Crippen LogP contribution is 2.30. The Bertz CT molecular complexity index is 1330. The molecule has 0 aromatic heterocycles. The third-order valence-corrected chi connectivity index (χ3v) is 7.42. The quantitative estimate of drug-likeness (QED) is 0.264. The highest BCUT2D eigenvalue weighted by Gasteiger charge is 2.41. The molecule has 0 bridgehead atoms. The minimum atomic E-state index is -1.03. The Morgan fingerprint density at radius 2 is 1.67 bits per heavy atom. The van der Waals surface area contributed by atoms with Gasteiger partial charge in [0.25, 0.3) is 0 Å². The molecule has 11 nitrogen and oxygen atoms in total. The smallest absolute Gasteiger partial charge is 0.329 e. The van der Waals surface area contributed by atoms with Crippen LogP contribution in [0.4, 0.5) is 17.1 Å². The highest BCUT2D eigenvalue weighted by molar-refractivity contribution is 6.41. The fraction of sp³-hybridized carbons (Fsp3) is 0.467. The van der Waals surface area contributed by atoms with E-state index in [1.54, 1.807) is 44.9 Å². The molecule has 0 spiro atoms. The number of carbonyl (C=O) groups is 4. The number of rotatable bonds is 9. The molecule has 2 fully saturated rings. The van der Waals surface area contributed by atoms with Crippen molar-refractivity contribution < 1.29 is 28.7 Å². The first-order chi connectivity index (χ1) is 19.9. The van der Waals surface area contributed by atoms with Crippen molar-refractivity contribution in [2.75, 3.05) is 68.5 Å². The zero-order valence-corrected chi connectivity index (χ0v) is 25.2. The molecule has 2 heterocycles. The van der Waals surface area contributed by atoms with Crippen molar-refractivity contribution in [2.45, 2.75) is 38.8 Å². The molecule has 1 atom stereocenters. The van der Waals surface area contributed by atoms with E-state index in [2.05, 4.69) is 4.90 Å². The number of piperazine rings is 2. The number of hydrogen-bond acceptors (Lipinski definition) is 8. The Labute approximate surface area is 251 Å². The largest absolute Gasteiger partial charge is 0.458 e. The van der Waals surface area contributed by atoms with Gasteiger partial charge in [0.05, 0.1) is 24.5 Å². The molecule has 12 heteroatoms. The average molecular weight is 600 g/mol. The van der Waals surface area contributed by atoms with Crippen LogP contribution in [0, 0.1) is 0 Å². The second-order valence-electron chi connectivity index (χ2n) is 11.4. The van der Waals surface area contributed by atoms with E-state index in [0.29, 0.717) is 42.6 Å². The number of nitrogens with zero attached hydrogens (tertiary/aromatic N) is 4. The molecule has 0 saturated carbocycles. The monoisotopic (exact) mass is 599 g/mol. The molecule has 0 radical (unpaired) electrons. The van der Waals surface area contributed by atoms with Crippen molar-refractivity contribution in [1.29, 1.82) is 0 Å². The molecule has 2 saturated heterocycles. The normalized spacial score (nSPS) is 17.5. The number of anilines is 3. The van der Waals surface area contributed by atoms with E-state index in [9.17, 15) is 19.2 Å². The Balaban J connectivity index is 1.51. The molecule has 2 aliphatic heterocycles. The van der Waals surface area contributed by atoms with E-state index in [1.807, 2.05) is 24.3 Å². The third kappa shape index (κ3) is 7.39. The van der Waals surface area contributed by atoms with Crippen LogP contribution in [-0.4, -0.2) is 98.1 Å². The van der Waals surface area contributed by atoms with E-state index in [4.69, 9.17) is 26.8 Å². The predicted octanol–water partition coefficient (Wildman–Crippen LogP) is 2.35. The Kier molecular flexibility index (Phi) is 9.75. The molecule has 0 aliphatic carbocycles. The van der Waals surface area contributed by atoms with Gasteiger partial charge in [-0.05, 0) is 56.7 Å². The molecule has 2 aliphatic rings. The van der Waals surface area contributed by atoms with Crippen LogP contribution in [0.2, 0.25) is 5.02 Å². The first kappa shape index (κ1) is 31.3. The summed E-state index contributed by atoms with van der Waals surface area (Å²) in [5.41, 5.74) is 7.43. The topological polar surface area (TPSA) is 126 Å². The number of amides is 3. The Hall–Kier alpha value is -3.67. The standard InChI is InChI=1S/C30H38ClN5O6/c1-30(2,3)42-29(40)25(36-14-13-35(27(38)28(36)39)24-18-21(31)7-10-23(24)32)17-20-5-8-22(9-6-20)34-12-11-33(15-16-41-4)19-26(34)37/h5-10,18,25H,11-17,19,32H2,1-4H3. The SMILES string of the molecule is COCCN1CCN(c2ccc(CC(C(=O)OC(C)(C)C)N3CCN(c4cc(Cl)ccc4N)C(=O)C3=O)cc2)C(=O)C1. The summed E-state index contributed by atoms with van der Waals surface area (Å²) in [5.74, 6) is -2.24. The molecular formula is C30H38ClN5O6. The van der Waals surface area contributed by atoms with Crippen molar-refractivity contribution in [3.63, 3.8) is 0 Å². The van der Waals surface area contributed by atoms with Crippen molar-refractivity contribution >= 4 is 52.4 Å². The number of methoxy groups -OCH3 is 1. The molecule has 2 aromatic rings. The van der Waals surface area contributed by atoms with Crippen molar-refractivity contribution in [3.05, 3.63) is 53.1 Å². The molecule has 42 heavy (non-hydrogen) atoms. The number of nitrogen functional groups attached to an aromatic ring is 1. The summed E-state index contributed by atoms with van der Waals surface area (Å²) in [6.45, 7) is 8.34. The molecule has 226 valence electrons. The van der Waals surface area contributed by atoms with Gasteiger partial charge in [-0.15, -0.1) is 0 Å². The van der Waals surface area contributed by atoms with E-state index < -0.39 is 29.4 Å². The number of esters is 1. The van der Waals surface area contributed by atoms with Crippen molar-refractivity contribution in [1.82, 2.24) is 9.80 Å². The van der Waals surface area contributed by atoms with Crippen molar-refractivity contribution in [2.24, 2.45) is 0 Å². The Morgan fingerprint density at radius 1 is 0.976 bits per heavy atom. The summed E-state index contributed by atoms with van der Waals surface area (Å²) >= 11 is 6.11. The number of benzene rings is 2. The minimum absolute atomic E-state index is 0.000875. The van der Waals surface area contributed by atoms with Crippen LogP contribution in [0.1, 0.15) is 26.3 Å². The lowest BCUT2D eigenvalue weighted by atomic mass is 10.0. The summed E-state index contributed by atoms with van der Waals surface area (Å²) in [4.78, 5) is 59.1. The number of nitrogens with two attached hydrogens (primary N) is 1. The molecule has 3 amide bonds.